The van der Waals surface area contributed by atoms with Crippen molar-refractivity contribution in [2.45, 2.75) is 45.9 Å². The number of nitrogens with zero attached hydrogens (tertiary/aromatic N) is 6. The number of halogens is 1. The topological polar surface area (TPSA) is 103 Å². The summed E-state index contributed by atoms with van der Waals surface area (Å²) in [6, 6.07) is 10.5. The second-order valence-electron chi connectivity index (χ2n) is 9.72. The lowest BCUT2D eigenvalue weighted by atomic mass is 9.98. The summed E-state index contributed by atoms with van der Waals surface area (Å²) < 4.78 is 20.1. The maximum Gasteiger partial charge on any atom is 0.278 e. The maximum absolute atomic E-state index is 15.2. The van der Waals surface area contributed by atoms with Gasteiger partial charge in [0.15, 0.2) is 11.5 Å². The second kappa shape index (κ2) is 8.97. The Labute approximate surface area is 212 Å². The van der Waals surface area contributed by atoms with Gasteiger partial charge in [0.25, 0.3) is 5.56 Å². The lowest BCUT2D eigenvalue weighted by molar-refractivity contribution is 0.0786. The highest BCUT2D eigenvalue weighted by Gasteiger charge is 2.20. The van der Waals surface area contributed by atoms with E-state index in [4.69, 9.17) is 0 Å². The van der Waals surface area contributed by atoms with Crippen LogP contribution < -0.4 is 10.9 Å². The van der Waals surface area contributed by atoms with E-state index >= 15 is 4.39 Å². The van der Waals surface area contributed by atoms with Crippen LogP contribution in [0.25, 0.3) is 27.8 Å². The van der Waals surface area contributed by atoms with Gasteiger partial charge in [-0.05, 0) is 51.5 Å². The van der Waals surface area contributed by atoms with Crippen LogP contribution in [0.2, 0.25) is 0 Å². The highest BCUT2D eigenvalue weighted by atomic mass is 19.1. The first-order valence-electron chi connectivity index (χ1n) is 11.9. The van der Waals surface area contributed by atoms with Gasteiger partial charge < -0.3 is 15.0 Å². The van der Waals surface area contributed by atoms with Crippen LogP contribution in [0.5, 0.6) is 0 Å². The number of rotatable bonds is 7. The molecule has 0 fully saturated rings. The van der Waals surface area contributed by atoms with Crippen LogP contribution >= 0.6 is 0 Å². The lowest BCUT2D eigenvalue weighted by Gasteiger charge is -2.18. The number of fused-ring (bicyclic) bond motifs is 2. The molecule has 9 nitrogen and oxygen atoms in total. The Morgan fingerprint density at radius 1 is 1.22 bits per heavy atom. The molecular weight excluding hydrogens is 473 g/mol. The Hall–Kier alpha value is -4.31. The minimum Gasteiger partial charge on any atom is -0.386 e. The van der Waals surface area contributed by atoms with Crippen molar-refractivity contribution in [2.75, 3.05) is 5.32 Å². The van der Waals surface area contributed by atoms with Crippen LogP contribution in [0.15, 0.2) is 66.4 Å². The summed E-state index contributed by atoms with van der Waals surface area (Å²) in [6.07, 6.45) is 4.66. The fourth-order valence-corrected chi connectivity index (χ4v) is 4.36. The molecule has 0 amide bonds. The molecule has 37 heavy (non-hydrogen) atoms. The van der Waals surface area contributed by atoms with Crippen LogP contribution in [0, 0.1) is 5.82 Å². The number of allylic oxidation sites excluding steroid dienone is 1. The van der Waals surface area contributed by atoms with Crippen molar-refractivity contribution in [3.8, 4) is 5.69 Å². The summed E-state index contributed by atoms with van der Waals surface area (Å²) in [5.41, 5.74) is 1.67. The summed E-state index contributed by atoms with van der Waals surface area (Å²) in [5, 5.41) is 13.8. The predicted molar refractivity (Wildman–Crippen MR) is 142 cm³/mol. The largest absolute Gasteiger partial charge is 0.386 e. The molecule has 0 bridgehead atoms. The summed E-state index contributed by atoms with van der Waals surface area (Å²) in [4.78, 5) is 26.5. The van der Waals surface area contributed by atoms with Gasteiger partial charge in [-0.2, -0.15) is 4.98 Å². The van der Waals surface area contributed by atoms with Gasteiger partial charge in [0, 0.05) is 24.0 Å². The number of hydrogen-bond acceptors (Lipinski definition) is 6. The Morgan fingerprint density at radius 3 is 2.70 bits per heavy atom. The third-order valence-electron chi connectivity index (χ3n) is 6.22. The van der Waals surface area contributed by atoms with Gasteiger partial charge >= 0.3 is 0 Å². The molecule has 0 aliphatic heterocycles. The van der Waals surface area contributed by atoms with Crippen LogP contribution in [0.1, 0.15) is 39.3 Å². The average Bonchev–Trinajstić information content (AvgIpc) is 3.39. The second-order valence-corrected chi connectivity index (χ2v) is 9.72. The molecule has 5 rings (SSSR count). The van der Waals surface area contributed by atoms with Gasteiger partial charge in [0.1, 0.15) is 10.9 Å². The van der Waals surface area contributed by atoms with E-state index in [2.05, 4.69) is 26.8 Å². The zero-order valence-electron chi connectivity index (χ0n) is 21.1. The van der Waals surface area contributed by atoms with Gasteiger partial charge in [-0.1, -0.05) is 18.2 Å². The number of nitrogens with one attached hydrogen (secondary N) is 1. The summed E-state index contributed by atoms with van der Waals surface area (Å²) >= 11 is 0. The third-order valence-corrected chi connectivity index (χ3v) is 6.22. The van der Waals surface area contributed by atoms with Crippen molar-refractivity contribution in [1.29, 1.82) is 0 Å². The monoisotopic (exact) mass is 501 g/mol. The van der Waals surface area contributed by atoms with Crippen molar-refractivity contribution in [2.24, 2.45) is 0 Å². The Morgan fingerprint density at radius 2 is 2.00 bits per heavy atom. The molecule has 10 heteroatoms. The zero-order chi connectivity index (χ0) is 26.5. The fraction of sp³-hybridized carbons (Fsp3) is 0.259. The van der Waals surface area contributed by atoms with E-state index < -0.39 is 11.4 Å². The van der Waals surface area contributed by atoms with E-state index in [-0.39, 0.29) is 35.0 Å². The van der Waals surface area contributed by atoms with Gasteiger partial charge in [-0.25, -0.2) is 23.7 Å². The molecule has 2 aromatic carbocycles. The van der Waals surface area contributed by atoms with Crippen molar-refractivity contribution < 1.29 is 9.50 Å². The van der Waals surface area contributed by atoms with E-state index in [1.54, 1.807) is 43.1 Å². The number of hydrogen-bond donors (Lipinski definition) is 2. The molecule has 0 saturated carbocycles. The fourth-order valence-electron chi connectivity index (χ4n) is 4.36. The molecule has 0 radical (unpaired) electrons. The molecule has 3 aromatic heterocycles. The average molecular weight is 502 g/mol. The summed E-state index contributed by atoms with van der Waals surface area (Å²) in [7, 11) is 0. The van der Waals surface area contributed by atoms with E-state index in [0.717, 1.165) is 5.56 Å². The van der Waals surface area contributed by atoms with Crippen molar-refractivity contribution in [3.63, 3.8) is 0 Å². The molecule has 0 unspecified atom stereocenters. The molecule has 0 aliphatic carbocycles. The Bertz CT molecular complexity index is 1710. The molecular formula is C27H28FN7O2. The highest BCUT2D eigenvalue weighted by Crippen LogP contribution is 2.27. The van der Waals surface area contributed by atoms with Gasteiger partial charge in [0.05, 0.1) is 29.7 Å². The quantitative estimate of drug-likeness (QED) is 0.310. The smallest absolute Gasteiger partial charge is 0.278 e. The SMILES string of the molecule is C=CCn1c(=O)c2cnc(Nc3cccc(C(C)(C)O)c3)nc2n1-c1cc(F)c2ncn(C(C)C)c2c1. The van der Waals surface area contributed by atoms with E-state index in [9.17, 15) is 9.90 Å². The standard InChI is InChI=1S/C27H28FN7O2/c1-6-10-34-25(36)20-14-29-26(31-18-9-7-8-17(11-18)27(4,5)37)32-24(20)35(34)19-12-21(28)23-22(13-19)33(15-30-23)16(2)3/h6-9,11-16,37H,1,10H2,2-5H3,(H,29,31,32). The molecule has 3 heterocycles. The number of imidazole rings is 1. The van der Waals surface area contributed by atoms with E-state index in [1.807, 2.05) is 36.6 Å². The number of aliphatic hydroxyl groups is 1. The minimum atomic E-state index is -1.02. The molecule has 5 aromatic rings. The van der Waals surface area contributed by atoms with Crippen molar-refractivity contribution in [1.82, 2.24) is 28.9 Å². The lowest BCUT2D eigenvalue weighted by Crippen LogP contribution is -2.21. The van der Waals surface area contributed by atoms with E-state index in [1.165, 1.54) is 16.9 Å². The van der Waals surface area contributed by atoms with E-state index in [0.29, 0.717) is 22.5 Å². The number of aromatic nitrogens is 6. The van der Waals surface area contributed by atoms with Gasteiger partial charge in [-0.15, -0.1) is 6.58 Å². The predicted octanol–water partition coefficient (Wildman–Crippen LogP) is 4.81. The molecule has 0 saturated heterocycles. The first-order valence-corrected chi connectivity index (χ1v) is 11.9. The van der Waals surface area contributed by atoms with Gasteiger partial charge in [-0.3, -0.25) is 4.79 Å². The Balaban J connectivity index is 1.69. The van der Waals surface area contributed by atoms with Crippen LogP contribution in [-0.2, 0) is 12.1 Å². The van der Waals surface area contributed by atoms with Crippen LogP contribution in [0.4, 0.5) is 16.0 Å². The highest BCUT2D eigenvalue weighted by molar-refractivity contribution is 5.82. The molecule has 0 spiro atoms. The Kier molecular flexibility index (Phi) is 5.91. The third kappa shape index (κ3) is 4.29. The number of benzene rings is 2. The normalized spacial score (nSPS) is 12.1. The summed E-state index contributed by atoms with van der Waals surface area (Å²) in [6.45, 7) is 11.3. The van der Waals surface area contributed by atoms with Crippen LogP contribution in [-0.4, -0.2) is 34.0 Å². The van der Waals surface area contributed by atoms with Crippen molar-refractivity contribution >= 4 is 33.7 Å². The first-order chi connectivity index (χ1) is 17.6. The molecule has 0 aliphatic rings. The van der Waals surface area contributed by atoms with Crippen LogP contribution in [0.3, 0.4) is 0 Å². The van der Waals surface area contributed by atoms with Gasteiger partial charge in [0.2, 0.25) is 5.95 Å². The molecule has 2 N–H and O–H groups in total. The number of anilines is 2. The molecule has 0 atom stereocenters. The first kappa shape index (κ1) is 24.4. The van der Waals surface area contributed by atoms with Crippen molar-refractivity contribution in [3.05, 3.63) is 83.3 Å². The molecule has 190 valence electrons. The summed E-state index contributed by atoms with van der Waals surface area (Å²) in [5.74, 6) is -0.249. The minimum absolute atomic E-state index is 0.0641. The zero-order valence-corrected chi connectivity index (χ0v) is 21.1. The maximum atomic E-state index is 15.2.